The zero-order chi connectivity index (χ0) is 47.9. The molecule has 66 heavy (non-hydrogen) atoms. The van der Waals surface area contributed by atoms with Crippen molar-refractivity contribution in [2.75, 3.05) is 13.2 Å². The molecule has 0 rings (SSSR count). The van der Waals surface area contributed by atoms with Crippen LogP contribution < -0.4 is 0 Å². The van der Waals surface area contributed by atoms with Crippen LogP contribution in [-0.4, -0.2) is 37.2 Å². The lowest BCUT2D eigenvalue weighted by atomic mass is 10.1. The first kappa shape index (κ1) is 60.5. The number of hydrogen-bond donors (Lipinski definition) is 0. The van der Waals surface area contributed by atoms with Crippen LogP contribution in [0.3, 0.4) is 0 Å². The van der Waals surface area contributed by atoms with Crippen LogP contribution in [-0.2, 0) is 28.6 Å². The van der Waals surface area contributed by atoms with Gasteiger partial charge in [-0.1, -0.05) is 242 Å². The van der Waals surface area contributed by atoms with Gasteiger partial charge in [0, 0.05) is 19.3 Å². The van der Waals surface area contributed by atoms with Crippen molar-refractivity contribution in [3.63, 3.8) is 0 Å². The second kappa shape index (κ2) is 52.1. The Morgan fingerprint density at radius 1 is 0.318 bits per heavy atom. The molecule has 0 aliphatic carbocycles. The first-order valence-corrected chi connectivity index (χ1v) is 25.0. The second-order valence-corrected chi connectivity index (χ2v) is 15.6. The van der Waals surface area contributed by atoms with Crippen LogP contribution in [0.5, 0.6) is 0 Å². The maximum atomic E-state index is 12.8. The van der Waals surface area contributed by atoms with Crippen molar-refractivity contribution in [3.05, 3.63) is 182 Å². The van der Waals surface area contributed by atoms with Crippen molar-refractivity contribution in [1.29, 1.82) is 0 Å². The molecule has 0 fully saturated rings. The summed E-state index contributed by atoms with van der Waals surface area (Å²) in [6, 6.07) is 0. The molecule has 0 spiro atoms. The zero-order valence-corrected chi connectivity index (χ0v) is 41.1. The van der Waals surface area contributed by atoms with Gasteiger partial charge in [-0.05, 0) is 77.0 Å². The highest BCUT2D eigenvalue weighted by atomic mass is 16.6. The number of unbranched alkanes of at least 4 members (excludes halogenated alkanes) is 12. The Kier molecular flexibility index (Phi) is 47.8. The van der Waals surface area contributed by atoms with Crippen molar-refractivity contribution in [3.8, 4) is 0 Å². The third-order valence-electron chi connectivity index (χ3n) is 9.51. The largest absolute Gasteiger partial charge is 0.462 e. The predicted octanol–water partition coefficient (Wildman–Crippen LogP) is 16.6. The van der Waals surface area contributed by atoms with Gasteiger partial charge in [0.05, 0.1) is 0 Å². The topological polar surface area (TPSA) is 78.9 Å². The van der Waals surface area contributed by atoms with Gasteiger partial charge >= 0.3 is 17.9 Å². The van der Waals surface area contributed by atoms with Crippen molar-refractivity contribution >= 4 is 17.9 Å². The molecule has 0 aliphatic heterocycles. The van der Waals surface area contributed by atoms with Gasteiger partial charge in [0.15, 0.2) is 6.10 Å². The third kappa shape index (κ3) is 49.5. The Morgan fingerprint density at radius 2 is 0.606 bits per heavy atom. The van der Waals surface area contributed by atoms with Crippen molar-refractivity contribution < 1.29 is 28.6 Å². The molecule has 1 unspecified atom stereocenters. The molecule has 1 atom stereocenters. The van der Waals surface area contributed by atoms with Crippen LogP contribution in [0.4, 0.5) is 0 Å². The summed E-state index contributed by atoms with van der Waals surface area (Å²) in [6.45, 7) is 6.14. The van der Waals surface area contributed by atoms with Crippen LogP contribution in [0.15, 0.2) is 182 Å². The molecule has 0 aromatic heterocycles. The molecule has 6 nitrogen and oxygen atoms in total. The van der Waals surface area contributed by atoms with Gasteiger partial charge in [-0.2, -0.15) is 0 Å². The van der Waals surface area contributed by atoms with E-state index in [1.807, 2.05) is 122 Å². The molecular formula is C60H86O6. The number of ether oxygens (including phenoxy) is 3. The maximum Gasteiger partial charge on any atom is 0.306 e. The van der Waals surface area contributed by atoms with Crippen LogP contribution in [0.2, 0.25) is 0 Å². The first-order valence-electron chi connectivity index (χ1n) is 25.0. The van der Waals surface area contributed by atoms with E-state index in [-0.39, 0.29) is 44.0 Å². The van der Waals surface area contributed by atoms with E-state index >= 15 is 0 Å². The molecule has 0 radical (unpaired) electrons. The quantitative estimate of drug-likeness (QED) is 0.0263. The van der Waals surface area contributed by atoms with Crippen LogP contribution >= 0.6 is 0 Å². The maximum absolute atomic E-state index is 12.8. The second-order valence-electron chi connectivity index (χ2n) is 15.6. The SMILES string of the molecule is CC\C=C/C=C\C=C/C=C\C=C/CCCC(=O)OCC(COC(=O)CCCCCCC\C=C/C=C\C=C/C=C\CCCCC)OC(=O)CCCCC\C=C/C=C/C=C\C=C/C=C\C=C/CC. The number of esters is 3. The Labute approximate surface area is 402 Å². The van der Waals surface area contributed by atoms with Gasteiger partial charge in [-0.25, -0.2) is 0 Å². The van der Waals surface area contributed by atoms with E-state index in [1.54, 1.807) is 0 Å². The van der Waals surface area contributed by atoms with Crippen molar-refractivity contribution in [2.45, 2.75) is 162 Å². The summed E-state index contributed by atoms with van der Waals surface area (Å²) in [4.78, 5) is 37.9. The highest BCUT2D eigenvalue weighted by Crippen LogP contribution is 2.11. The van der Waals surface area contributed by atoms with Crippen LogP contribution in [0.1, 0.15) is 156 Å². The number of hydrogen-bond acceptors (Lipinski definition) is 6. The molecule has 0 amide bonds. The van der Waals surface area contributed by atoms with Gasteiger partial charge < -0.3 is 14.2 Å². The molecule has 0 aromatic carbocycles. The number of rotatable bonds is 41. The summed E-state index contributed by atoms with van der Waals surface area (Å²) in [7, 11) is 0. The van der Waals surface area contributed by atoms with Gasteiger partial charge in [-0.3, -0.25) is 14.4 Å². The van der Waals surface area contributed by atoms with E-state index in [4.69, 9.17) is 14.2 Å². The van der Waals surface area contributed by atoms with E-state index in [1.165, 1.54) is 19.3 Å². The summed E-state index contributed by atoms with van der Waals surface area (Å²) in [5.41, 5.74) is 0. The van der Waals surface area contributed by atoms with Crippen LogP contribution in [0.25, 0.3) is 0 Å². The monoisotopic (exact) mass is 903 g/mol. The minimum Gasteiger partial charge on any atom is -0.462 e. The highest BCUT2D eigenvalue weighted by molar-refractivity contribution is 5.71. The molecule has 0 aliphatic rings. The third-order valence-corrected chi connectivity index (χ3v) is 9.51. The lowest BCUT2D eigenvalue weighted by molar-refractivity contribution is -0.167. The Balaban J connectivity index is 4.68. The summed E-state index contributed by atoms with van der Waals surface area (Å²) >= 11 is 0. The Hall–Kier alpha value is -5.49. The standard InChI is InChI=1S/C60H86O6/c1-4-7-10-13-16-19-22-25-27-29-31-32-35-38-41-44-47-50-53-59(62)65-56-57(55-64-58(61)52-49-46-43-40-37-34-24-21-18-15-12-9-6-3)66-60(63)54-51-48-45-42-39-36-33-30-28-26-23-20-17-14-11-8-5-2/h8-9,11-12,14-34,36-37,39-40,43,57H,4-7,10,13,35,38,41-42,44-56H2,1-3H3/b11-8-,12-9-,17-14-,18-15-,19-16-,23-20-,24-21-,25-22-,28-26-,29-27-,32-31-,33-30+,37-34-,39-36-,43-40-. The van der Waals surface area contributed by atoms with E-state index in [0.29, 0.717) is 19.3 Å². The number of carbonyl (C=O) groups is 3. The minimum atomic E-state index is -0.851. The number of carbonyl (C=O) groups excluding carboxylic acids is 3. The lowest BCUT2D eigenvalue weighted by Gasteiger charge is -2.18. The van der Waals surface area contributed by atoms with Crippen molar-refractivity contribution in [2.24, 2.45) is 0 Å². The fraction of sp³-hybridized carbons (Fsp3) is 0.450. The molecule has 0 heterocycles. The number of allylic oxidation sites excluding steroid dienone is 30. The molecule has 0 saturated heterocycles. The summed E-state index contributed by atoms with van der Waals surface area (Å²) in [5, 5.41) is 0. The van der Waals surface area contributed by atoms with Gasteiger partial charge in [0.2, 0.25) is 0 Å². The van der Waals surface area contributed by atoms with Crippen molar-refractivity contribution in [1.82, 2.24) is 0 Å². The van der Waals surface area contributed by atoms with Gasteiger partial charge in [0.1, 0.15) is 13.2 Å². The molecule has 0 bridgehead atoms. The zero-order valence-electron chi connectivity index (χ0n) is 41.1. The molecule has 0 saturated carbocycles. The lowest BCUT2D eigenvalue weighted by Crippen LogP contribution is -2.30. The average molecular weight is 903 g/mol. The predicted molar refractivity (Wildman–Crippen MR) is 283 cm³/mol. The van der Waals surface area contributed by atoms with E-state index in [9.17, 15) is 14.4 Å². The van der Waals surface area contributed by atoms with E-state index < -0.39 is 6.10 Å². The molecule has 6 heteroatoms. The highest BCUT2D eigenvalue weighted by Gasteiger charge is 2.19. The summed E-state index contributed by atoms with van der Waals surface area (Å²) < 4.78 is 16.6. The van der Waals surface area contributed by atoms with Gasteiger partial charge in [-0.15, -0.1) is 0 Å². The first-order chi connectivity index (χ1) is 32.5. The fourth-order valence-electron chi connectivity index (χ4n) is 5.81. The normalized spacial score (nSPS) is 13.7. The summed E-state index contributed by atoms with van der Waals surface area (Å²) in [5.74, 6) is -1.10. The smallest absolute Gasteiger partial charge is 0.306 e. The van der Waals surface area contributed by atoms with Gasteiger partial charge in [0.25, 0.3) is 0 Å². The Bertz CT molecular complexity index is 1650. The minimum absolute atomic E-state index is 0.142. The fourth-order valence-corrected chi connectivity index (χ4v) is 5.81. The molecule has 0 N–H and O–H groups in total. The average Bonchev–Trinajstić information content (AvgIpc) is 3.31. The van der Waals surface area contributed by atoms with Crippen LogP contribution in [0, 0.1) is 0 Å². The summed E-state index contributed by atoms with van der Waals surface area (Å²) in [6.07, 6.45) is 78.7. The molecule has 362 valence electrons. The molecule has 0 aromatic rings. The van der Waals surface area contributed by atoms with E-state index in [2.05, 4.69) is 81.5 Å². The Morgan fingerprint density at radius 3 is 1.00 bits per heavy atom. The molecular weight excluding hydrogens is 817 g/mol. The van der Waals surface area contributed by atoms with E-state index in [0.717, 1.165) is 83.5 Å².